The molecule has 1 aliphatic rings. The molecule has 1 aliphatic carbocycles. The SMILES string of the molecule is C=C.C=C.Cc1ccc(C2(c3cc(F)ccc3F)CC(CCC(C)CO)C2)cc1. The number of aliphatic hydroxyl groups excluding tert-OH is 1. The average Bonchev–Trinajstić information content (AvgIpc) is 2.73. The first-order valence-electron chi connectivity index (χ1n) is 10.1. The van der Waals surface area contributed by atoms with Crippen molar-refractivity contribution in [2.45, 2.75) is 44.9 Å². The Balaban J connectivity index is 0.000000989. The van der Waals surface area contributed by atoms with Crippen LogP contribution in [0.15, 0.2) is 68.8 Å². The molecule has 2 aromatic rings. The van der Waals surface area contributed by atoms with E-state index in [2.05, 4.69) is 26.3 Å². The second-order valence-corrected chi connectivity index (χ2v) is 7.71. The minimum atomic E-state index is -0.437. The van der Waals surface area contributed by atoms with Crippen LogP contribution in [-0.2, 0) is 5.41 Å². The summed E-state index contributed by atoms with van der Waals surface area (Å²) in [5, 5.41) is 9.20. The number of benzene rings is 2. The third kappa shape index (κ3) is 5.86. The Kier molecular flexibility index (Phi) is 9.97. The second-order valence-electron chi connectivity index (χ2n) is 7.71. The molecule has 1 N–H and O–H groups in total. The van der Waals surface area contributed by atoms with E-state index in [0.717, 1.165) is 36.8 Å². The molecular formula is C26H34F2O. The normalized spacial score (nSPS) is 20.9. The van der Waals surface area contributed by atoms with Gasteiger partial charge in [-0.2, -0.15) is 0 Å². The fourth-order valence-electron chi connectivity index (χ4n) is 4.09. The van der Waals surface area contributed by atoms with Crippen LogP contribution in [0, 0.1) is 30.4 Å². The number of rotatable bonds is 6. The van der Waals surface area contributed by atoms with Gasteiger partial charge in [-0.1, -0.05) is 43.2 Å². The van der Waals surface area contributed by atoms with Crippen molar-refractivity contribution in [3.8, 4) is 0 Å². The second kappa shape index (κ2) is 11.7. The topological polar surface area (TPSA) is 20.2 Å². The molecule has 1 nitrogen and oxygen atoms in total. The van der Waals surface area contributed by atoms with E-state index < -0.39 is 5.41 Å². The van der Waals surface area contributed by atoms with Crippen molar-refractivity contribution in [2.24, 2.45) is 11.8 Å². The van der Waals surface area contributed by atoms with Crippen LogP contribution < -0.4 is 0 Å². The summed E-state index contributed by atoms with van der Waals surface area (Å²) in [6.45, 7) is 16.3. The number of halogens is 2. The maximum Gasteiger partial charge on any atom is 0.127 e. The molecule has 0 spiro atoms. The quantitative estimate of drug-likeness (QED) is 0.519. The van der Waals surface area contributed by atoms with Crippen molar-refractivity contribution < 1.29 is 13.9 Å². The molecule has 0 radical (unpaired) electrons. The van der Waals surface area contributed by atoms with Crippen molar-refractivity contribution in [3.63, 3.8) is 0 Å². The number of hydrogen-bond donors (Lipinski definition) is 1. The van der Waals surface area contributed by atoms with Crippen LogP contribution in [0.25, 0.3) is 0 Å². The van der Waals surface area contributed by atoms with Gasteiger partial charge in [0.25, 0.3) is 0 Å². The molecule has 1 fully saturated rings. The third-order valence-electron chi connectivity index (χ3n) is 5.70. The van der Waals surface area contributed by atoms with E-state index in [-0.39, 0.29) is 18.2 Å². The third-order valence-corrected chi connectivity index (χ3v) is 5.70. The molecule has 2 aromatic carbocycles. The van der Waals surface area contributed by atoms with Crippen molar-refractivity contribution in [1.29, 1.82) is 0 Å². The molecular weight excluding hydrogens is 366 g/mol. The zero-order valence-corrected chi connectivity index (χ0v) is 17.8. The predicted molar refractivity (Wildman–Crippen MR) is 119 cm³/mol. The minimum Gasteiger partial charge on any atom is -0.396 e. The molecule has 0 heterocycles. The van der Waals surface area contributed by atoms with Gasteiger partial charge in [0.15, 0.2) is 0 Å². The highest BCUT2D eigenvalue weighted by Gasteiger charge is 2.47. The van der Waals surface area contributed by atoms with Crippen molar-refractivity contribution >= 4 is 0 Å². The Morgan fingerprint density at radius 1 is 1.03 bits per heavy atom. The molecule has 0 aromatic heterocycles. The summed E-state index contributed by atoms with van der Waals surface area (Å²) in [7, 11) is 0. The van der Waals surface area contributed by atoms with Crippen molar-refractivity contribution in [2.75, 3.05) is 6.61 Å². The van der Waals surface area contributed by atoms with E-state index >= 15 is 0 Å². The first-order valence-corrected chi connectivity index (χ1v) is 10.1. The largest absolute Gasteiger partial charge is 0.396 e. The molecule has 29 heavy (non-hydrogen) atoms. The van der Waals surface area contributed by atoms with Gasteiger partial charge in [0, 0.05) is 17.6 Å². The first kappa shape index (κ1) is 24.8. The summed E-state index contributed by atoms with van der Waals surface area (Å²) in [4.78, 5) is 0. The van der Waals surface area contributed by atoms with Gasteiger partial charge in [-0.25, -0.2) is 8.78 Å². The highest BCUT2D eigenvalue weighted by molar-refractivity contribution is 5.44. The minimum absolute atomic E-state index is 0.203. The number of aliphatic hydroxyl groups is 1. The van der Waals surface area contributed by atoms with E-state index in [1.165, 1.54) is 18.2 Å². The van der Waals surface area contributed by atoms with Gasteiger partial charge in [-0.15, -0.1) is 26.3 Å². The molecule has 158 valence electrons. The van der Waals surface area contributed by atoms with Crippen LogP contribution in [0.2, 0.25) is 0 Å². The highest BCUT2D eigenvalue weighted by Crippen LogP contribution is 2.54. The summed E-state index contributed by atoms with van der Waals surface area (Å²) >= 11 is 0. The first-order chi connectivity index (χ1) is 13.9. The molecule has 1 unspecified atom stereocenters. The van der Waals surface area contributed by atoms with E-state index in [4.69, 9.17) is 0 Å². The molecule has 3 rings (SSSR count). The number of hydrogen-bond acceptors (Lipinski definition) is 1. The maximum absolute atomic E-state index is 14.5. The van der Waals surface area contributed by atoms with Gasteiger partial charge in [0.2, 0.25) is 0 Å². The van der Waals surface area contributed by atoms with Crippen LogP contribution in [0.1, 0.15) is 49.3 Å². The van der Waals surface area contributed by atoms with E-state index in [1.807, 2.05) is 38.1 Å². The van der Waals surface area contributed by atoms with Crippen LogP contribution in [0.5, 0.6) is 0 Å². The standard InChI is InChI=1S/C22H26F2O.2C2H4/c1-15-4-7-18(8-5-15)22(20-11-19(23)9-10-21(20)24)12-17(13-22)6-3-16(2)14-25;2*1-2/h4-5,7-11,16-17,25H,3,6,12-14H2,1-2H3;2*1-2H2. The summed E-state index contributed by atoms with van der Waals surface area (Å²) < 4.78 is 28.4. The fourth-order valence-corrected chi connectivity index (χ4v) is 4.09. The summed E-state index contributed by atoms with van der Waals surface area (Å²) in [5.74, 6) is 0.0580. The van der Waals surface area contributed by atoms with Crippen molar-refractivity contribution in [1.82, 2.24) is 0 Å². The molecule has 0 bridgehead atoms. The van der Waals surface area contributed by atoms with E-state index in [1.54, 1.807) is 0 Å². The van der Waals surface area contributed by atoms with Gasteiger partial charge in [0.1, 0.15) is 11.6 Å². The summed E-state index contributed by atoms with van der Waals surface area (Å²) in [6.07, 6.45) is 3.65. The van der Waals surface area contributed by atoms with E-state index in [9.17, 15) is 13.9 Å². The van der Waals surface area contributed by atoms with Gasteiger partial charge in [0.05, 0.1) is 0 Å². The highest BCUT2D eigenvalue weighted by atomic mass is 19.1. The van der Waals surface area contributed by atoms with Crippen LogP contribution in [-0.4, -0.2) is 11.7 Å². The van der Waals surface area contributed by atoms with Gasteiger partial charge in [-0.3, -0.25) is 0 Å². The smallest absolute Gasteiger partial charge is 0.127 e. The molecule has 0 aliphatic heterocycles. The molecule has 1 atom stereocenters. The Morgan fingerprint density at radius 2 is 1.62 bits per heavy atom. The lowest BCUT2D eigenvalue weighted by Gasteiger charge is -2.49. The molecule has 0 amide bonds. The zero-order chi connectivity index (χ0) is 22.0. The molecule has 0 saturated heterocycles. The van der Waals surface area contributed by atoms with Crippen LogP contribution in [0.4, 0.5) is 8.78 Å². The van der Waals surface area contributed by atoms with E-state index in [0.29, 0.717) is 17.4 Å². The fraction of sp³-hybridized carbons (Fsp3) is 0.385. The van der Waals surface area contributed by atoms with Gasteiger partial charge >= 0.3 is 0 Å². The van der Waals surface area contributed by atoms with Crippen LogP contribution >= 0.6 is 0 Å². The maximum atomic E-state index is 14.5. The van der Waals surface area contributed by atoms with Crippen LogP contribution in [0.3, 0.4) is 0 Å². The number of aryl methyl sites for hydroxylation is 1. The lowest BCUT2D eigenvalue weighted by atomic mass is 9.54. The average molecular weight is 401 g/mol. The molecule has 1 saturated carbocycles. The Morgan fingerprint density at radius 3 is 2.17 bits per heavy atom. The Hall–Kier alpha value is -2.26. The Labute approximate surface area is 174 Å². The molecule has 3 heteroatoms. The predicted octanol–water partition coefficient (Wildman–Crippen LogP) is 6.98. The summed E-state index contributed by atoms with van der Waals surface area (Å²) in [5.41, 5.74) is 2.26. The summed E-state index contributed by atoms with van der Waals surface area (Å²) in [6, 6.07) is 12.0. The monoisotopic (exact) mass is 400 g/mol. The zero-order valence-electron chi connectivity index (χ0n) is 17.8. The van der Waals surface area contributed by atoms with Gasteiger partial charge < -0.3 is 5.11 Å². The van der Waals surface area contributed by atoms with Gasteiger partial charge in [-0.05, 0) is 61.8 Å². The lowest BCUT2D eigenvalue weighted by Crippen LogP contribution is -2.43. The lowest BCUT2D eigenvalue weighted by molar-refractivity contribution is 0.146. The Bertz CT molecular complexity index is 746. The van der Waals surface area contributed by atoms with Crippen molar-refractivity contribution in [3.05, 3.63) is 97.1 Å².